The largest absolute Gasteiger partial charge is 0.363 e. The minimum atomic E-state index is -2.92. The second-order valence-electron chi connectivity index (χ2n) is 3.59. The van der Waals surface area contributed by atoms with E-state index in [9.17, 15) is 8.78 Å². The first-order chi connectivity index (χ1) is 6.97. The molecule has 0 aromatic carbocycles. The van der Waals surface area contributed by atoms with Crippen LogP contribution in [0.3, 0.4) is 0 Å². The molecule has 0 saturated heterocycles. The van der Waals surface area contributed by atoms with Crippen LogP contribution in [0.2, 0.25) is 0 Å². The van der Waals surface area contributed by atoms with Crippen LogP contribution in [0.4, 0.5) is 14.6 Å². The number of hydrogen-bond acceptors (Lipinski definition) is 3. The van der Waals surface area contributed by atoms with Crippen LogP contribution >= 0.6 is 0 Å². The van der Waals surface area contributed by atoms with Gasteiger partial charge in [-0.3, -0.25) is 0 Å². The number of pyridine rings is 1. The molecule has 0 bridgehead atoms. The van der Waals surface area contributed by atoms with E-state index in [2.05, 4.69) is 10.3 Å². The van der Waals surface area contributed by atoms with Crippen LogP contribution in [-0.2, 0) is 5.92 Å². The Labute approximate surface area is 85.7 Å². The fourth-order valence-corrected chi connectivity index (χ4v) is 1.88. The second kappa shape index (κ2) is 2.89. The summed E-state index contributed by atoms with van der Waals surface area (Å²) in [5, 5.41) is 11.4. The zero-order valence-corrected chi connectivity index (χ0v) is 8.36. The lowest BCUT2D eigenvalue weighted by atomic mass is 10.0. The van der Waals surface area contributed by atoms with Gasteiger partial charge in [0, 0.05) is 0 Å². The van der Waals surface area contributed by atoms with Crippen LogP contribution in [-0.4, -0.2) is 11.5 Å². The lowest BCUT2D eigenvalue weighted by Crippen LogP contribution is -2.16. The van der Waals surface area contributed by atoms with Gasteiger partial charge in [-0.15, -0.1) is 0 Å². The Bertz CT molecular complexity index is 475. The van der Waals surface area contributed by atoms with Crippen molar-refractivity contribution in [3.8, 4) is 6.07 Å². The van der Waals surface area contributed by atoms with E-state index < -0.39 is 12.5 Å². The molecule has 1 aliphatic rings. The van der Waals surface area contributed by atoms with Gasteiger partial charge in [-0.2, -0.15) is 14.0 Å². The number of nitrogens with one attached hydrogen (secondary N) is 1. The van der Waals surface area contributed by atoms with E-state index in [1.54, 1.807) is 6.92 Å². The molecule has 0 unspecified atom stereocenters. The summed E-state index contributed by atoms with van der Waals surface area (Å²) in [6, 6.07) is 1.91. The van der Waals surface area contributed by atoms with Crippen molar-refractivity contribution < 1.29 is 8.78 Å². The molecule has 5 heteroatoms. The van der Waals surface area contributed by atoms with E-state index in [1.165, 1.54) is 6.92 Å². The summed E-state index contributed by atoms with van der Waals surface area (Å²) < 4.78 is 26.9. The van der Waals surface area contributed by atoms with Crippen LogP contribution in [0, 0.1) is 25.2 Å². The van der Waals surface area contributed by atoms with Crippen molar-refractivity contribution in [2.24, 2.45) is 0 Å². The first kappa shape index (κ1) is 9.84. The second-order valence-corrected chi connectivity index (χ2v) is 3.59. The van der Waals surface area contributed by atoms with Gasteiger partial charge in [-0.1, -0.05) is 0 Å². The van der Waals surface area contributed by atoms with Gasteiger partial charge >= 0.3 is 0 Å². The number of nitriles is 1. The Balaban J connectivity index is 2.77. The minimum absolute atomic E-state index is 0.135. The highest BCUT2D eigenvalue weighted by Crippen LogP contribution is 2.41. The van der Waals surface area contributed by atoms with Gasteiger partial charge in [-0.05, 0) is 19.4 Å². The first-order valence-corrected chi connectivity index (χ1v) is 4.51. The molecule has 0 spiro atoms. The SMILES string of the molecule is Cc1nc2c(c(C)c1C#N)C(F)(F)CN2. The molecule has 0 fully saturated rings. The molecule has 1 aliphatic heterocycles. The summed E-state index contributed by atoms with van der Waals surface area (Å²) in [6.07, 6.45) is 0. The first-order valence-electron chi connectivity index (χ1n) is 4.51. The van der Waals surface area contributed by atoms with Gasteiger partial charge in [0.25, 0.3) is 5.92 Å². The third-order valence-electron chi connectivity index (χ3n) is 2.58. The van der Waals surface area contributed by atoms with E-state index in [-0.39, 0.29) is 16.9 Å². The molecule has 78 valence electrons. The summed E-state index contributed by atoms with van der Waals surface area (Å²) >= 11 is 0. The Morgan fingerprint density at radius 2 is 2.13 bits per heavy atom. The quantitative estimate of drug-likeness (QED) is 0.711. The third-order valence-corrected chi connectivity index (χ3v) is 2.58. The predicted octanol–water partition coefficient (Wildman–Crippen LogP) is 2.09. The highest BCUT2D eigenvalue weighted by molar-refractivity contribution is 5.61. The number of aryl methyl sites for hydroxylation is 1. The summed E-state index contributed by atoms with van der Waals surface area (Å²) in [6.45, 7) is 2.74. The number of anilines is 1. The number of aromatic nitrogens is 1. The fraction of sp³-hybridized carbons (Fsp3) is 0.400. The molecule has 0 atom stereocenters. The van der Waals surface area contributed by atoms with E-state index >= 15 is 0 Å². The lowest BCUT2D eigenvalue weighted by Gasteiger charge is -2.12. The summed E-state index contributed by atoms with van der Waals surface area (Å²) in [7, 11) is 0. The van der Waals surface area contributed by atoms with E-state index in [4.69, 9.17) is 5.26 Å². The maximum absolute atomic E-state index is 13.4. The Kier molecular flexibility index (Phi) is 1.90. The Morgan fingerprint density at radius 3 is 2.73 bits per heavy atom. The molecular weight excluding hydrogens is 200 g/mol. The number of fused-ring (bicyclic) bond motifs is 1. The molecule has 0 radical (unpaired) electrons. The molecule has 2 heterocycles. The summed E-state index contributed by atoms with van der Waals surface area (Å²) in [5.41, 5.74) is 0.927. The van der Waals surface area contributed by atoms with E-state index in [1.807, 2.05) is 6.07 Å². The van der Waals surface area contributed by atoms with Gasteiger partial charge in [0.15, 0.2) is 0 Å². The van der Waals surface area contributed by atoms with Crippen LogP contribution in [0.25, 0.3) is 0 Å². The van der Waals surface area contributed by atoms with Crippen molar-refractivity contribution in [2.45, 2.75) is 19.8 Å². The standard InChI is InChI=1S/C10H9F2N3/c1-5-7(3-13)6(2)15-9-8(5)10(11,12)4-14-9/h4H2,1-2H3,(H,14,15). The van der Waals surface area contributed by atoms with Gasteiger partial charge in [0.2, 0.25) is 0 Å². The van der Waals surface area contributed by atoms with Crippen LogP contribution in [0.1, 0.15) is 22.4 Å². The number of hydrogen-bond donors (Lipinski definition) is 1. The van der Waals surface area contributed by atoms with Crippen molar-refractivity contribution in [2.75, 3.05) is 11.9 Å². The molecule has 0 saturated carbocycles. The van der Waals surface area contributed by atoms with Crippen molar-refractivity contribution in [1.29, 1.82) is 5.26 Å². The van der Waals surface area contributed by atoms with Gasteiger partial charge in [0.05, 0.1) is 23.4 Å². The van der Waals surface area contributed by atoms with Gasteiger partial charge in [0.1, 0.15) is 11.9 Å². The minimum Gasteiger partial charge on any atom is -0.363 e. The van der Waals surface area contributed by atoms with Crippen molar-refractivity contribution in [3.05, 3.63) is 22.4 Å². The summed E-state index contributed by atoms with van der Waals surface area (Å²) in [5.74, 6) is -2.72. The monoisotopic (exact) mass is 209 g/mol. The zero-order valence-electron chi connectivity index (χ0n) is 8.36. The van der Waals surface area contributed by atoms with Crippen molar-refractivity contribution in [1.82, 2.24) is 4.98 Å². The molecule has 1 aromatic rings. The highest BCUT2D eigenvalue weighted by Gasteiger charge is 2.42. The number of nitrogens with zero attached hydrogens (tertiary/aromatic N) is 2. The van der Waals surface area contributed by atoms with E-state index in [0.717, 1.165) is 0 Å². The molecule has 2 rings (SSSR count). The fourth-order valence-electron chi connectivity index (χ4n) is 1.88. The number of halogens is 2. The van der Waals surface area contributed by atoms with Crippen LogP contribution in [0.15, 0.2) is 0 Å². The van der Waals surface area contributed by atoms with Gasteiger partial charge in [-0.25, -0.2) is 4.98 Å². The highest BCUT2D eigenvalue weighted by atomic mass is 19.3. The Hall–Kier alpha value is -1.70. The average Bonchev–Trinajstić information content (AvgIpc) is 2.42. The molecule has 0 aliphatic carbocycles. The lowest BCUT2D eigenvalue weighted by molar-refractivity contribution is 0.0179. The zero-order chi connectivity index (χ0) is 11.2. The molecular formula is C10H9F2N3. The molecule has 15 heavy (non-hydrogen) atoms. The maximum Gasteiger partial charge on any atom is 0.293 e. The van der Waals surface area contributed by atoms with Crippen LogP contribution < -0.4 is 5.32 Å². The third kappa shape index (κ3) is 1.25. The molecule has 1 aromatic heterocycles. The summed E-state index contributed by atoms with van der Waals surface area (Å²) in [4.78, 5) is 3.97. The molecule has 3 nitrogen and oxygen atoms in total. The number of rotatable bonds is 0. The molecule has 1 N–H and O–H groups in total. The number of alkyl halides is 2. The Morgan fingerprint density at radius 1 is 1.47 bits per heavy atom. The van der Waals surface area contributed by atoms with Crippen molar-refractivity contribution >= 4 is 5.82 Å². The smallest absolute Gasteiger partial charge is 0.293 e. The van der Waals surface area contributed by atoms with Crippen LogP contribution in [0.5, 0.6) is 0 Å². The topological polar surface area (TPSA) is 48.7 Å². The van der Waals surface area contributed by atoms with Crippen molar-refractivity contribution in [3.63, 3.8) is 0 Å². The maximum atomic E-state index is 13.4. The predicted molar refractivity (Wildman–Crippen MR) is 50.8 cm³/mol. The van der Waals surface area contributed by atoms with E-state index in [0.29, 0.717) is 11.3 Å². The average molecular weight is 209 g/mol. The molecule has 0 amide bonds. The van der Waals surface area contributed by atoms with Gasteiger partial charge < -0.3 is 5.32 Å². The normalized spacial score (nSPS) is 16.7.